The fraction of sp³-hybridized carbons (Fsp3) is 0.682. The highest BCUT2D eigenvalue weighted by atomic mass is 16.1. The van der Waals surface area contributed by atoms with Crippen molar-refractivity contribution < 1.29 is 4.79 Å². The molecule has 0 saturated heterocycles. The number of carbonyl (C=O) groups excluding carboxylic acids is 1. The lowest BCUT2D eigenvalue weighted by atomic mass is 9.91. The van der Waals surface area contributed by atoms with E-state index in [1.807, 2.05) is 0 Å². The summed E-state index contributed by atoms with van der Waals surface area (Å²) in [5.41, 5.74) is 1.39. The molecule has 2 heteroatoms. The third-order valence-electron chi connectivity index (χ3n) is 5.48. The van der Waals surface area contributed by atoms with Gasteiger partial charge in [-0.25, -0.2) is 0 Å². The molecule has 1 heterocycles. The Hall–Kier alpha value is -1.31. The van der Waals surface area contributed by atoms with Crippen molar-refractivity contribution in [1.82, 2.24) is 5.32 Å². The van der Waals surface area contributed by atoms with Gasteiger partial charge in [0.1, 0.15) is 6.29 Å². The van der Waals surface area contributed by atoms with Gasteiger partial charge in [-0.2, -0.15) is 0 Å². The summed E-state index contributed by atoms with van der Waals surface area (Å²) in [5.74, 6) is 0.993. The van der Waals surface area contributed by atoms with E-state index in [1.54, 1.807) is 0 Å². The molecular weight excluding hydrogens is 294 g/mol. The molecule has 2 unspecified atom stereocenters. The molecule has 1 aliphatic carbocycles. The van der Waals surface area contributed by atoms with Gasteiger partial charge >= 0.3 is 0 Å². The fourth-order valence-corrected chi connectivity index (χ4v) is 3.94. The van der Waals surface area contributed by atoms with E-state index in [0.29, 0.717) is 11.8 Å². The van der Waals surface area contributed by atoms with Crippen molar-refractivity contribution in [2.45, 2.75) is 83.5 Å². The molecule has 134 valence electrons. The van der Waals surface area contributed by atoms with Crippen molar-refractivity contribution in [3.05, 3.63) is 36.2 Å². The van der Waals surface area contributed by atoms with Crippen LogP contribution in [0.1, 0.15) is 83.5 Å². The van der Waals surface area contributed by atoms with Crippen LogP contribution in [0.3, 0.4) is 0 Å². The van der Waals surface area contributed by atoms with Gasteiger partial charge in [0, 0.05) is 17.8 Å². The molecule has 0 bridgehead atoms. The summed E-state index contributed by atoms with van der Waals surface area (Å²) in [6, 6.07) is 0. The van der Waals surface area contributed by atoms with E-state index in [0.717, 1.165) is 12.8 Å². The normalized spacial score (nSPS) is 27.9. The minimum atomic E-state index is 0.321. The summed E-state index contributed by atoms with van der Waals surface area (Å²) < 4.78 is 0. The molecule has 0 amide bonds. The summed E-state index contributed by atoms with van der Waals surface area (Å²) in [6.45, 7) is 0. The molecule has 1 saturated carbocycles. The molecule has 0 aromatic heterocycles. The maximum Gasteiger partial charge on any atom is 0.123 e. The Morgan fingerprint density at radius 2 is 1.33 bits per heavy atom. The largest absolute Gasteiger partial charge is 0.365 e. The molecule has 2 aliphatic rings. The third kappa shape index (κ3) is 7.51. The predicted molar refractivity (Wildman–Crippen MR) is 103 cm³/mol. The van der Waals surface area contributed by atoms with Gasteiger partial charge in [0.15, 0.2) is 0 Å². The fourth-order valence-electron chi connectivity index (χ4n) is 3.94. The number of allylic oxidation sites excluding steroid dienone is 5. The quantitative estimate of drug-likeness (QED) is 0.624. The van der Waals surface area contributed by atoms with Crippen LogP contribution in [0.25, 0.3) is 0 Å². The van der Waals surface area contributed by atoms with Crippen molar-refractivity contribution in [2.75, 3.05) is 0 Å². The summed E-state index contributed by atoms with van der Waals surface area (Å²) in [5, 5.41) is 3.49. The van der Waals surface area contributed by atoms with Crippen molar-refractivity contribution in [3.63, 3.8) is 0 Å². The Morgan fingerprint density at radius 3 is 1.96 bits per heavy atom. The van der Waals surface area contributed by atoms with Crippen LogP contribution >= 0.6 is 0 Å². The molecular formula is C22H35NO. The standard InChI is InChI=1S/C22H35NO/c24-19-20-13-7-2-1-3-9-15-21(16-10-5-4-8-14-20)22-17-11-6-12-18-23-22/h6,11-12,17-21,23H,1-5,7-10,13-16H2. The number of hydrogen-bond acceptors (Lipinski definition) is 2. The average Bonchev–Trinajstić information content (AvgIpc) is 2.89. The van der Waals surface area contributed by atoms with Gasteiger partial charge in [-0.1, -0.05) is 69.9 Å². The average molecular weight is 330 g/mol. The van der Waals surface area contributed by atoms with Gasteiger partial charge in [0.25, 0.3) is 0 Å². The third-order valence-corrected chi connectivity index (χ3v) is 5.48. The number of aldehydes is 1. The SMILES string of the molecule is O=CC1CCCCCCCC(C2=CC=CC=CN2)CCCCCC1. The Morgan fingerprint density at radius 1 is 0.750 bits per heavy atom. The Kier molecular flexibility index (Phi) is 9.60. The monoisotopic (exact) mass is 329 g/mol. The second-order valence-corrected chi connectivity index (χ2v) is 7.44. The first-order chi connectivity index (χ1) is 11.9. The first kappa shape index (κ1) is 19.0. The van der Waals surface area contributed by atoms with Gasteiger partial charge in [-0.15, -0.1) is 0 Å². The highest BCUT2D eigenvalue weighted by Crippen LogP contribution is 2.26. The van der Waals surface area contributed by atoms with Crippen molar-refractivity contribution >= 4 is 6.29 Å². The molecule has 0 radical (unpaired) electrons. The molecule has 0 aromatic rings. The molecule has 1 aliphatic heterocycles. The van der Waals surface area contributed by atoms with Crippen molar-refractivity contribution in [1.29, 1.82) is 0 Å². The van der Waals surface area contributed by atoms with Gasteiger partial charge in [0.05, 0.1) is 0 Å². The van der Waals surface area contributed by atoms with E-state index < -0.39 is 0 Å². The van der Waals surface area contributed by atoms with E-state index in [-0.39, 0.29) is 0 Å². The van der Waals surface area contributed by atoms with Crippen molar-refractivity contribution in [3.8, 4) is 0 Å². The van der Waals surface area contributed by atoms with Gasteiger partial charge in [0.2, 0.25) is 0 Å². The highest BCUT2D eigenvalue weighted by Gasteiger charge is 2.14. The minimum Gasteiger partial charge on any atom is -0.365 e. The Labute approximate surface area is 148 Å². The second kappa shape index (κ2) is 12.1. The summed E-state index contributed by atoms with van der Waals surface area (Å²) in [6.07, 6.45) is 28.3. The Balaban J connectivity index is 1.85. The van der Waals surface area contributed by atoms with E-state index in [4.69, 9.17) is 0 Å². The van der Waals surface area contributed by atoms with Crippen LogP contribution < -0.4 is 5.32 Å². The van der Waals surface area contributed by atoms with Gasteiger partial charge < -0.3 is 10.1 Å². The number of rotatable bonds is 2. The van der Waals surface area contributed by atoms with Crippen LogP contribution in [0.15, 0.2) is 36.2 Å². The van der Waals surface area contributed by atoms with Crippen LogP contribution in [0.5, 0.6) is 0 Å². The topological polar surface area (TPSA) is 29.1 Å². The van der Waals surface area contributed by atoms with Crippen LogP contribution in [0.4, 0.5) is 0 Å². The predicted octanol–water partition coefficient (Wildman–Crippen LogP) is 6.06. The van der Waals surface area contributed by atoms with Crippen LogP contribution in [-0.4, -0.2) is 6.29 Å². The molecule has 1 fully saturated rings. The summed E-state index contributed by atoms with van der Waals surface area (Å²) in [7, 11) is 0. The number of carbonyl (C=O) groups is 1. The van der Waals surface area contributed by atoms with E-state index in [9.17, 15) is 4.79 Å². The molecule has 0 aromatic carbocycles. The zero-order chi connectivity index (χ0) is 16.9. The molecule has 1 N–H and O–H groups in total. The number of hydrogen-bond donors (Lipinski definition) is 1. The zero-order valence-corrected chi connectivity index (χ0v) is 15.2. The zero-order valence-electron chi connectivity index (χ0n) is 15.2. The lowest BCUT2D eigenvalue weighted by molar-refractivity contribution is -0.111. The minimum absolute atomic E-state index is 0.321. The molecule has 0 spiro atoms. The number of nitrogens with one attached hydrogen (secondary N) is 1. The van der Waals surface area contributed by atoms with E-state index in [2.05, 4.69) is 35.8 Å². The second-order valence-electron chi connectivity index (χ2n) is 7.44. The van der Waals surface area contributed by atoms with Gasteiger partial charge in [-0.05, 0) is 43.8 Å². The van der Waals surface area contributed by atoms with E-state index >= 15 is 0 Å². The maximum absolute atomic E-state index is 11.2. The first-order valence-corrected chi connectivity index (χ1v) is 10.2. The van der Waals surface area contributed by atoms with Crippen LogP contribution in [0.2, 0.25) is 0 Å². The molecule has 2 atom stereocenters. The molecule has 2 rings (SSSR count). The molecule has 24 heavy (non-hydrogen) atoms. The van der Waals surface area contributed by atoms with E-state index in [1.165, 1.54) is 82.6 Å². The van der Waals surface area contributed by atoms with Crippen molar-refractivity contribution in [2.24, 2.45) is 11.8 Å². The Bertz CT molecular complexity index is 435. The van der Waals surface area contributed by atoms with Gasteiger partial charge in [-0.3, -0.25) is 0 Å². The lowest BCUT2D eigenvalue weighted by Crippen LogP contribution is -2.15. The van der Waals surface area contributed by atoms with Crippen LogP contribution in [0, 0.1) is 11.8 Å². The smallest absolute Gasteiger partial charge is 0.123 e. The highest BCUT2D eigenvalue weighted by molar-refractivity contribution is 5.53. The molecule has 2 nitrogen and oxygen atoms in total. The first-order valence-electron chi connectivity index (χ1n) is 10.2. The van der Waals surface area contributed by atoms with Crippen LogP contribution in [-0.2, 0) is 4.79 Å². The maximum atomic E-state index is 11.2. The summed E-state index contributed by atoms with van der Waals surface area (Å²) in [4.78, 5) is 11.2. The summed E-state index contributed by atoms with van der Waals surface area (Å²) >= 11 is 0. The lowest BCUT2D eigenvalue weighted by Gasteiger charge is -2.20.